The highest BCUT2D eigenvalue weighted by Gasteiger charge is 2.17. The van der Waals surface area contributed by atoms with E-state index in [1.54, 1.807) is 12.3 Å². The molecule has 0 fully saturated rings. The van der Waals surface area contributed by atoms with Gasteiger partial charge in [-0.2, -0.15) is 20.0 Å². The minimum atomic E-state index is -0.257. The third-order valence-corrected chi connectivity index (χ3v) is 3.65. The van der Waals surface area contributed by atoms with Gasteiger partial charge in [0.25, 0.3) is 5.56 Å². The van der Waals surface area contributed by atoms with Crippen molar-refractivity contribution in [2.45, 2.75) is 26.3 Å². The first-order chi connectivity index (χ1) is 11.1. The van der Waals surface area contributed by atoms with Gasteiger partial charge in [-0.1, -0.05) is 6.08 Å². The van der Waals surface area contributed by atoms with Crippen molar-refractivity contribution < 1.29 is 0 Å². The van der Waals surface area contributed by atoms with Gasteiger partial charge in [-0.05, 0) is 20.3 Å². The number of H-pyrrole nitrogens is 1. The molecule has 0 aliphatic rings. The summed E-state index contributed by atoms with van der Waals surface area (Å²) in [6, 6.07) is 2.25. The van der Waals surface area contributed by atoms with Gasteiger partial charge in [0.15, 0.2) is 5.65 Å². The Balaban J connectivity index is 2.32. The molecule has 0 aliphatic carbocycles. The van der Waals surface area contributed by atoms with Crippen LogP contribution in [0, 0.1) is 11.3 Å². The fourth-order valence-corrected chi connectivity index (χ4v) is 2.46. The molecular weight excluding hydrogens is 292 g/mol. The van der Waals surface area contributed by atoms with Crippen molar-refractivity contribution in [3.63, 3.8) is 0 Å². The number of nitrogens with one attached hydrogen (secondary N) is 1. The third-order valence-electron chi connectivity index (χ3n) is 3.65. The number of nitriles is 1. The lowest BCUT2D eigenvalue weighted by Gasteiger charge is -2.07. The zero-order valence-corrected chi connectivity index (χ0v) is 12.9. The summed E-state index contributed by atoms with van der Waals surface area (Å²) in [4.78, 5) is 15.8. The Bertz CT molecular complexity index is 982. The van der Waals surface area contributed by atoms with Crippen LogP contribution in [0.1, 0.15) is 31.0 Å². The van der Waals surface area contributed by atoms with Crippen LogP contribution in [0.5, 0.6) is 0 Å². The van der Waals surface area contributed by atoms with Crippen molar-refractivity contribution in [1.29, 1.82) is 5.26 Å². The van der Waals surface area contributed by atoms with Crippen LogP contribution in [0.4, 0.5) is 0 Å². The molecule has 3 rings (SSSR count). The van der Waals surface area contributed by atoms with Crippen molar-refractivity contribution in [2.24, 2.45) is 0 Å². The van der Waals surface area contributed by atoms with Gasteiger partial charge in [0.05, 0.1) is 18.1 Å². The van der Waals surface area contributed by atoms with E-state index in [0.717, 1.165) is 5.56 Å². The summed E-state index contributed by atoms with van der Waals surface area (Å²) in [5.74, 6) is 0. The molecule has 116 valence electrons. The SMILES string of the molecule is C=CCc1c(-c2cnn(C(C)C)c2)[nH]c2c(C#N)cnn2c1=O. The van der Waals surface area contributed by atoms with Gasteiger partial charge in [-0.25, -0.2) is 0 Å². The molecule has 7 nitrogen and oxygen atoms in total. The topological polar surface area (TPSA) is 91.8 Å². The summed E-state index contributed by atoms with van der Waals surface area (Å²) in [5, 5.41) is 17.5. The van der Waals surface area contributed by atoms with Crippen molar-refractivity contribution in [3.8, 4) is 17.3 Å². The maximum absolute atomic E-state index is 12.7. The quantitative estimate of drug-likeness (QED) is 0.747. The van der Waals surface area contributed by atoms with E-state index in [2.05, 4.69) is 21.8 Å². The van der Waals surface area contributed by atoms with Gasteiger partial charge in [0.2, 0.25) is 0 Å². The molecule has 3 aromatic rings. The van der Waals surface area contributed by atoms with Crippen molar-refractivity contribution in [1.82, 2.24) is 24.4 Å². The summed E-state index contributed by atoms with van der Waals surface area (Å²) in [7, 11) is 0. The first-order valence-corrected chi connectivity index (χ1v) is 7.25. The molecule has 0 amide bonds. The molecule has 0 aliphatic heterocycles. The van der Waals surface area contributed by atoms with Crippen LogP contribution >= 0.6 is 0 Å². The first kappa shape index (κ1) is 14.8. The monoisotopic (exact) mass is 308 g/mol. The number of aromatic amines is 1. The van der Waals surface area contributed by atoms with E-state index in [4.69, 9.17) is 5.26 Å². The second kappa shape index (κ2) is 5.57. The Morgan fingerprint density at radius 1 is 1.43 bits per heavy atom. The molecule has 1 N–H and O–H groups in total. The molecule has 3 aromatic heterocycles. The van der Waals surface area contributed by atoms with E-state index < -0.39 is 0 Å². The smallest absolute Gasteiger partial charge is 0.278 e. The number of nitrogens with zero attached hydrogens (tertiary/aromatic N) is 5. The van der Waals surface area contributed by atoms with Gasteiger partial charge >= 0.3 is 0 Å². The number of fused-ring (bicyclic) bond motifs is 1. The summed E-state index contributed by atoms with van der Waals surface area (Å²) in [6.45, 7) is 7.76. The van der Waals surface area contributed by atoms with Gasteiger partial charge < -0.3 is 4.98 Å². The van der Waals surface area contributed by atoms with Gasteiger partial charge in [-0.15, -0.1) is 6.58 Å². The van der Waals surface area contributed by atoms with Crippen molar-refractivity contribution >= 4 is 5.65 Å². The van der Waals surface area contributed by atoms with Crippen LogP contribution in [0.2, 0.25) is 0 Å². The molecule has 7 heteroatoms. The van der Waals surface area contributed by atoms with Crippen LogP contribution in [-0.2, 0) is 6.42 Å². The van der Waals surface area contributed by atoms with Gasteiger partial charge in [-0.3, -0.25) is 9.48 Å². The molecule has 0 atom stereocenters. The second-order valence-corrected chi connectivity index (χ2v) is 5.51. The number of rotatable bonds is 4. The lowest BCUT2D eigenvalue weighted by Crippen LogP contribution is -2.21. The minimum absolute atomic E-state index is 0.215. The zero-order chi connectivity index (χ0) is 16.6. The average molecular weight is 308 g/mol. The maximum Gasteiger partial charge on any atom is 0.278 e. The summed E-state index contributed by atoms with van der Waals surface area (Å²) in [6.07, 6.45) is 7.03. The van der Waals surface area contributed by atoms with Crippen LogP contribution < -0.4 is 5.56 Å². The Hall–Kier alpha value is -3.14. The minimum Gasteiger partial charge on any atom is -0.338 e. The van der Waals surface area contributed by atoms with Crippen molar-refractivity contribution in [2.75, 3.05) is 0 Å². The van der Waals surface area contributed by atoms with Crippen LogP contribution in [-0.4, -0.2) is 24.4 Å². The van der Waals surface area contributed by atoms with E-state index in [1.807, 2.05) is 30.8 Å². The lowest BCUT2D eigenvalue weighted by atomic mass is 10.1. The Morgan fingerprint density at radius 3 is 2.83 bits per heavy atom. The number of hydrogen-bond donors (Lipinski definition) is 1. The van der Waals surface area contributed by atoms with E-state index in [-0.39, 0.29) is 11.6 Å². The van der Waals surface area contributed by atoms with Crippen LogP contribution in [0.25, 0.3) is 16.9 Å². The van der Waals surface area contributed by atoms with E-state index in [1.165, 1.54) is 10.7 Å². The second-order valence-electron chi connectivity index (χ2n) is 5.51. The Kier molecular flexibility index (Phi) is 3.58. The fraction of sp³-hybridized carbons (Fsp3) is 0.250. The molecule has 0 spiro atoms. The number of aromatic nitrogens is 5. The summed E-state index contributed by atoms with van der Waals surface area (Å²) < 4.78 is 3.03. The summed E-state index contributed by atoms with van der Waals surface area (Å²) in [5.41, 5.74) is 2.43. The maximum atomic E-state index is 12.7. The van der Waals surface area contributed by atoms with Crippen LogP contribution in [0.15, 0.2) is 36.0 Å². The molecule has 0 radical (unpaired) electrons. The average Bonchev–Trinajstić information content (AvgIpc) is 3.16. The fourth-order valence-electron chi connectivity index (χ4n) is 2.46. The molecule has 0 saturated heterocycles. The molecule has 23 heavy (non-hydrogen) atoms. The molecule has 0 saturated carbocycles. The molecule has 0 aromatic carbocycles. The zero-order valence-electron chi connectivity index (χ0n) is 12.9. The van der Waals surface area contributed by atoms with Gasteiger partial charge in [0.1, 0.15) is 11.6 Å². The van der Waals surface area contributed by atoms with Crippen molar-refractivity contribution in [3.05, 3.63) is 52.7 Å². The van der Waals surface area contributed by atoms with Crippen LogP contribution in [0.3, 0.4) is 0 Å². The molecular formula is C16H16N6O. The Labute approximate surface area is 132 Å². The highest BCUT2D eigenvalue weighted by Crippen LogP contribution is 2.22. The number of allylic oxidation sites excluding steroid dienone is 1. The number of hydrogen-bond acceptors (Lipinski definition) is 4. The summed E-state index contributed by atoms with van der Waals surface area (Å²) >= 11 is 0. The highest BCUT2D eigenvalue weighted by atomic mass is 16.1. The van der Waals surface area contributed by atoms with E-state index in [0.29, 0.717) is 28.9 Å². The molecule has 3 heterocycles. The molecule has 0 bridgehead atoms. The lowest BCUT2D eigenvalue weighted by molar-refractivity contribution is 0.532. The highest BCUT2D eigenvalue weighted by molar-refractivity contribution is 5.66. The predicted octanol–water partition coefficient (Wildman–Crippen LogP) is 2.07. The first-order valence-electron chi connectivity index (χ1n) is 7.25. The third kappa shape index (κ3) is 2.34. The predicted molar refractivity (Wildman–Crippen MR) is 86.0 cm³/mol. The Morgan fingerprint density at radius 2 is 2.22 bits per heavy atom. The van der Waals surface area contributed by atoms with Gasteiger partial charge in [0, 0.05) is 23.4 Å². The molecule has 0 unspecified atom stereocenters. The standard InChI is InChI=1S/C16H16N6O/c1-4-5-13-14(12-8-18-21(9-12)10(2)3)20-15-11(6-17)7-19-22(15)16(13)23/h4,7-10,20H,1,5H2,2-3H3. The normalized spacial score (nSPS) is 11.0. The van der Waals surface area contributed by atoms with E-state index in [9.17, 15) is 4.79 Å². The largest absolute Gasteiger partial charge is 0.338 e. The van der Waals surface area contributed by atoms with E-state index >= 15 is 0 Å².